The predicted octanol–water partition coefficient (Wildman–Crippen LogP) is 4.23. The third-order valence-electron chi connectivity index (χ3n) is 3.67. The SMILES string of the molecule is CSc1nc(-c2ccc(Sc3ccc(F)cc3)c([N+](=O)[O-])c2)c(C#N)c(=O)[nH]1. The van der Waals surface area contributed by atoms with Crippen LogP contribution in [-0.4, -0.2) is 21.1 Å². The molecular formula is C18H11FN4O3S2. The summed E-state index contributed by atoms with van der Waals surface area (Å²) in [6.07, 6.45) is 1.71. The molecule has 7 nitrogen and oxygen atoms in total. The van der Waals surface area contributed by atoms with E-state index in [9.17, 15) is 24.6 Å². The standard InChI is InChI=1S/C18H11FN4O3S2/c1-27-18-21-16(13(9-20)17(24)22-18)10-2-7-15(14(8-10)23(25)26)28-12-5-3-11(19)4-6-12/h2-8H,1H3,(H,21,22,24). The summed E-state index contributed by atoms with van der Waals surface area (Å²) in [5, 5.41) is 21.2. The Labute approximate surface area is 166 Å². The fraction of sp³-hybridized carbons (Fsp3) is 0.0556. The van der Waals surface area contributed by atoms with Crippen molar-refractivity contribution in [2.75, 3.05) is 6.26 Å². The van der Waals surface area contributed by atoms with Crippen LogP contribution < -0.4 is 5.56 Å². The zero-order valence-corrected chi connectivity index (χ0v) is 15.9. The van der Waals surface area contributed by atoms with E-state index in [4.69, 9.17) is 0 Å². The van der Waals surface area contributed by atoms with Gasteiger partial charge in [0.25, 0.3) is 11.2 Å². The van der Waals surface area contributed by atoms with Gasteiger partial charge in [0.1, 0.15) is 17.4 Å². The zero-order chi connectivity index (χ0) is 20.3. The predicted molar refractivity (Wildman–Crippen MR) is 104 cm³/mol. The van der Waals surface area contributed by atoms with Gasteiger partial charge in [0.2, 0.25) is 0 Å². The number of thioether (sulfide) groups is 1. The largest absolute Gasteiger partial charge is 0.300 e. The molecule has 0 aliphatic carbocycles. The van der Waals surface area contributed by atoms with E-state index in [0.717, 1.165) is 11.8 Å². The van der Waals surface area contributed by atoms with Crippen molar-refractivity contribution < 1.29 is 9.31 Å². The van der Waals surface area contributed by atoms with E-state index in [0.29, 0.717) is 14.9 Å². The summed E-state index contributed by atoms with van der Waals surface area (Å²) >= 11 is 2.29. The molecule has 2 aromatic carbocycles. The number of H-pyrrole nitrogens is 1. The summed E-state index contributed by atoms with van der Waals surface area (Å²) in [6, 6.07) is 11.7. The van der Waals surface area contributed by atoms with Crippen LogP contribution in [0.3, 0.4) is 0 Å². The number of aromatic nitrogens is 2. The maximum absolute atomic E-state index is 13.1. The molecule has 3 aromatic rings. The van der Waals surface area contributed by atoms with Crippen LogP contribution in [0.25, 0.3) is 11.3 Å². The minimum Gasteiger partial charge on any atom is -0.300 e. The molecule has 0 spiro atoms. The summed E-state index contributed by atoms with van der Waals surface area (Å²) in [5.74, 6) is -0.400. The van der Waals surface area contributed by atoms with E-state index < -0.39 is 16.3 Å². The minimum absolute atomic E-state index is 0.0806. The monoisotopic (exact) mass is 414 g/mol. The third-order valence-corrected chi connectivity index (χ3v) is 5.33. The van der Waals surface area contributed by atoms with Gasteiger partial charge in [0, 0.05) is 16.5 Å². The molecule has 0 atom stereocenters. The highest BCUT2D eigenvalue weighted by Crippen LogP contribution is 2.37. The molecule has 1 aromatic heterocycles. The minimum atomic E-state index is -0.607. The summed E-state index contributed by atoms with van der Waals surface area (Å²) < 4.78 is 13.1. The smallest absolute Gasteiger partial charge is 0.283 e. The normalized spacial score (nSPS) is 10.5. The molecular weight excluding hydrogens is 403 g/mol. The van der Waals surface area contributed by atoms with Gasteiger partial charge in [0.15, 0.2) is 5.16 Å². The number of halogens is 1. The van der Waals surface area contributed by atoms with Crippen molar-refractivity contribution in [3.8, 4) is 17.3 Å². The first-order chi connectivity index (χ1) is 13.4. The van der Waals surface area contributed by atoms with Crippen molar-refractivity contribution in [1.29, 1.82) is 5.26 Å². The molecule has 1 heterocycles. The van der Waals surface area contributed by atoms with Gasteiger partial charge < -0.3 is 4.98 Å². The Morgan fingerprint density at radius 2 is 1.96 bits per heavy atom. The fourth-order valence-electron chi connectivity index (χ4n) is 2.39. The second-order valence-electron chi connectivity index (χ2n) is 5.41. The van der Waals surface area contributed by atoms with E-state index in [1.165, 1.54) is 48.2 Å². The molecule has 28 heavy (non-hydrogen) atoms. The van der Waals surface area contributed by atoms with Gasteiger partial charge in [-0.05, 0) is 36.6 Å². The molecule has 0 aliphatic heterocycles. The van der Waals surface area contributed by atoms with Gasteiger partial charge in [-0.15, -0.1) is 0 Å². The van der Waals surface area contributed by atoms with Gasteiger partial charge in [-0.3, -0.25) is 14.9 Å². The van der Waals surface area contributed by atoms with Crippen LogP contribution in [-0.2, 0) is 0 Å². The second-order valence-corrected chi connectivity index (χ2v) is 7.32. The topological polar surface area (TPSA) is 113 Å². The third kappa shape index (κ3) is 4.05. The maximum Gasteiger partial charge on any atom is 0.283 e. The fourth-order valence-corrected chi connectivity index (χ4v) is 3.66. The van der Waals surface area contributed by atoms with Crippen molar-refractivity contribution in [2.45, 2.75) is 14.9 Å². The number of rotatable bonds is 5. The van der Waals surface area contributed by atoms with Crippen molar-refractivity contribution in [1.82, 2.24) is 9.97 Å². The van der Waals surface area contributed by atoms with Crippen molar-refractivity contribution in [3.05, 3.63) is 74.3 Å². The molecule has 140 valence electrons. The summed E-state index contributed by atoms with van der Waals surface area (Å²) in [6.45, 7) is 0. The molecule has 0 saturated heterocycles. The number of nitro benzene ring substituents is 1. The molecule has 0 unspecified atom stereocenters. The molecule has 3 rings (SSSR count). The molecule has 0 saturated carbocycles. The Hall–Kier alpha value is -3.16. The number of hydrogen-bond donors (Lipinski definition) is 1. The Bertz CT molecular complexity index is 1160. The highest BCUT2D eigenvalue weighted by molar-refractivity contribution is 7.99. The number of aromatic amines is 1. The van der Waals surface area contributed by atoms with E-state index in [-0.39, 0.29) is 22.5 Å². The van der Waals surface area contributed by atoms with Crippen LogP contribution in [0.4, 0.5) is 10.1 Å². The van der Waals surface area contributed by atoms with Gasteiger partial charge in [-0.25, -0.2) is 9.37 Å². The first-order valence-electron chi connectivity index (χ1n) is 7.73. The Morgan fingerprint density at radius 1 is 1.25 bits per heavy atom. The average Bonchev–Trinajstić information content (AvgIpc) is 2.69. The van der Waals surface area contributed by atoms with Crippen molar-refractivity contribution in [2.24, 2.45) is 0 Å². The van der Waals surface area contributed by atoms with E-state index >= 15 is 0 Å². The van der Waals surface area contributed by atoms with Gasteiger partial charge in [-0.2, -0.15) is 5.26 Å². The first-order valence-corrected chi connectivity index (χ1v) is 9.77. The van der Waals surface area contributed by atoms with Crippen LogP contribution >= 0.6 is 23.5 Å². The molecule has 0 bridgehead atoms. The van der Waals surface area contributed by atoms with E-state index in [1.54, 1.807) is 18.4 Å². The lowest BCUT2D eigenvalue weighted by atomic mass is 10.1. The lowest BCUT2D eigenvalue weighted by molar-refractivity contribution is -0.387. The summed E-state index contributed by atoms with van der Waals surface area (Å²) in [5.41, 5.74) is -0.663. The number of hydrogen-bond acceptors (Lipinski definition) is 7. The maximum atomic E-state index is 13.1. The van der Waals surface area contributed by atoms with Crippen LogP contribution in [0.5, 0.6) is 0 Å². The van der Waals surface area contributed by atoms with Gasteiger partial charge in [-0.1, -0.05) is 29.6 Å². The summed E-state index contributed by atoms with van der Waals surface area (Å²) in [7, 11) is 0. The average molecular weight is 414 g/mol. The van der Waals surface area contributed by atoms with Crippen LogP contribution in [0.2, 0.25) is 0 Å². The number of nitrogens with zero attached hydrogens (tertiary/aromatic N) is 3. The molecule has 0 aliphatic rings. The van der Waals surface area contributed by atoms with Crippen LogP contribution in [0.15, 0.2) is 62.2 Å². The second kappa shape index (κ2) is 8.24. The molecule has 0 fully saturated rings. The van der Waals surface area contributed by atoms with E-state index in [1.807, 2.05) is 0 Å². The van der Waals surface area contributed by atoms with Crippen molar-refractivity contribution in [3.63, 3.8) is 0 Å². The number of nitriles is 1. The quantitative estimate of drug-likeness (QED) is 0.288. The molecule has 10 heteroatoms. The Kier molecular flexibility index (Phi) is 5.77. The number of nitro groups is 1. The van der Waals surface area contributed by atoms with Crippen LogP contribution in [0.1, 0.15) is 5.56 Å². The van der Waals surface area contributed by atoms with Crippen molar-refractivity contribution >= 4 is 29.2 Å². The van der Waals surface area contributed by atoms with Crippen LogP contribution in [0, 0.1) is 27.3 Å². The van der Waals surface area contributed by atoms with Gasteiger partial charge in [0.05, 0.1) is 15.5 Å². The molecule has 0 amide bonds. The Morgan fingerprint density at radius 3 is 2.57 bits per heavy atom. The zero-order valence-electron chi connectivity index (χ0n) is 14.3. The molecule has 1 N–H and O–H groups in total. The number of nitrogens with one attached hydrogen (secondary N) is 1. The highest BCUT2D eigenvalue weighted by atomic mass is 32.2. The van der Waals surface area contributed by atoms with Gasteiger partial charge >= 0.3 is 0 Å². The number of benzene rings is 2. The lowest BCUT2D eigenvalue weighted by Gasteiger charge is -2.08. The highest BCUT2D eigenvalue weighted by Gasteiger charge is 2.20. The first kappa shape index (κ1) is 19.6. The molecule has 0 radical (unpaired) electrons. The summed E-state index contributed by atoms with van der Waals surface area (Å²) in [4.78, 5) is 30.8. The lowest BCUT2D eigenvalue weighted by Crippen LogP contribution is -2.14. The Balaban J connectivity index is 2.11. The van der Waals surface area contributed by atoms with E-state index in [2.05, 4.69) is 9.97 Å².